The van der Waals surface area contributed by atoms with E-state index in [-0.39, 0.29) is 0 Å². The first-order valence-electron chi connectivity index (χ1n) is 3.22. The molecule has 0 aromatic carbocycles. The maximum Gasteiger partial charge on any atom is 0.205 e. The summed E-state index contributed by atoms with van der Waals surface area (Å²) in [7, 11) is 4.18. The molecule has 1 aliphatic rings. The Kier molecular flexibility index (Phi) is 1.75. The summed E-state index contributed by atoms with van der Waals surface area (Å²) >= 11 is 0. The molecule has 9 heavy (non-hydrogen) atoms. The lowest BCUT2D eigenvalue weighted by Crippen LogP contribution is -2.52. The minimum Gasteiger partial charge on any atom is -0.364 e. The smallest absolute Gasteiger partial charge is 0.205 e. The molecule has 1 heterocycles. The Morgan fingerprint density at radius 2 is 2.22 bits per heavy atom. The van der Waals surface area contributed by atoms with Gasteiger partial charge < -0.3 is 14.3 Å². The predicted octanol–water partition coefficient (Wildman–Crippen LogP) is -0.589. The van der Waals surface area contributed by atoms with Gasteiger partial charge in [0.2, 0.25) is 6.29 Å². The van der Waals surface area contributed by atoms with Crippen molar-refractivity contribution in [2.45, 2.75) is 6.29 Å². The van der Waals surface area contributed by atoms with Gasteiger partial charge in [0.1, 0.15) is 13.1 Å². The summed E-state index contributed by atoms with van der Waals surface area (Å²) in [4.78, 5) is 0. The molecule has 0 amide bonds. The van der Waals surface area contributed by atoms with Gasteiger partial charge in [0.05, 0.1) is 20.7 Å². The lowest BCUT2D eigenvalue weighted by Gasteiger charge is -2.35. The first-order chi connectivity index (χ1) is 4.10. The number of hydrogen-bond acceptors (Lipinski definition) is 2. The topological polar surface area (TPSA) is 29.5 Å². The Bertz CT molecular complexity index is 103. The van der Waals surface area contributed by atoms with Gasteiger partial charge in [-0.1, -0.05) is 0 Å². The van der Waals surface area contributed by atoms with Crippen molar-refractivity contribution in [1.29, 1.82) is 0 Å². The van der Waals surface area contributed by atoms with Crippen LogP contribution in [0.2, 0.25) is 0 Å². The molecule has 0 aromatic rings. The van der Waals surface area contributed by atoms with Crippen LogP contribution in [0.5, 0.6) is 0 Å². The standard InChI is InChI=1S/C6H14NO2/c1-7(2)3-4-9-6(8)5-7/h6,8H,3-5H2,1-2H3/q+1/t6-/m0/s1. The van der Waals surface area contributed by atoms with Crippen LogP contribution in [0.15, 0.2) is 0 Å². The van der Waals surface area contributed by atoms with Crippen LogP contribution in [0.3, 0.4) is 0 Å². The van der Waals surface area contributed by atoms with Gasteiger partial charge in [-0.2, -0.15) is 0 Å². The number of nitrogens with zero attached hydrogens (tertiary/aromatic N) is 1. The van der Waals surface area contributed by atoms with Crippen LogP contribution in [0.25, 0.3) is 0 Å². The molecular formula is C6H14NO2+. The highest BCUT2D eigenvalue weighted by atomic mass is 16.6. The fourth-order valence-corrected chi connectivity index (χ4v) is 1.00. The van der Waals surface area contributed by atoms with E-state index in [4.69, 9.17) is 9.84 Å². The van der Waals surface area contributed by atoms with E-state index in [1.165, 1.54) is 0 Å². The van der Waals surface area contributed by atoms with E-state index in [0.29, 0.717) is 13.2 Å². The molecule has 1 atom stereocenters. The summed E-state index contributed by atoms with van der Waals surface area (Å²) in [5.74, 6) is 0. The number of hydrogen-bond donors (Lipinski definition) is 1. The second-order valence-corrected chi connectivity index (χ2v) is 3.17. The number of quaternary nitrogens is 1. The molecule has 0 bridgehead atoms. The van der Waals surface area contributed by atoms with Crippen molar-refractivity contribution in [3.8, 4) is 0 Å². The molecule has 0 spiro atoms. The third kappa shape index (κ3) is 1.93. The first kappa shape index (κ1) is 6.99. The summed E-state index contributed by atoms with van der Waals surface area (Å²) < 4.78 is 5.82. The summed E-state index contributed by atoms with van der Waals surface area (Å²) in [6.07, 6.45) is -0.547. The first-order valence-corrected chi connectivity index (χ1v) is 3.22. The monoisotopic (exact) mass is 132 g/mol. The number of aliphatic hydroxyl groups excluding tert-OH is 1. The van der Waals surface area contributed by atoms with Crippen molar-refractivity contribution in [3.05, 3.63) is 0 Å². The Morgan fingerprint density at radius 1 is 1.56 bits per heavy atom. The molecule has 0 saturated carbocycles. The molecule has 54 valence electrons. The number of ether oxygens (including phenoxy) is 1. The van der Waals surface area contributed by atoms with E-state index < -0.39 is 6.29 Å². The van der Waals surface area contributed by atoms with Crippen molar-refractivity contribution in [2.24, 2.45) is 0 Å². The second kappa shape index (κ2) is 2.25. The molecule has 3 heteroatoms. The van der Waals surface area contributed by atoms with E-state index in [0.717, 1.165) is 11.0 Å². The summed E-state index contributed by atoms with van der Waals surface area (Å²) in [6, 6.07) is 0. The lowest BCUT2D eigenvalue weighted by atomic mass is 10.4. The minimum atomic E-state index is -0.547. The summed E-state index contributed by atoms with van der Waals surface area (Å²) in [5.41, 5.74) is 0. The SMILES string of the molecule is C[N+]1(C)CCO[C@H](O)C1. The van der Waals surface area contributed by atoms with Crippen LogP contribution in [0.1, 0.15) is 0 Å². The molecule has 1 rings (SSSR count). The highest BCUT2D eigenvalue weighted by Gasteiger charge is 2.25. The largest absolute Gasteiger partial charge is 0.364 e. The van der Waals surface area contributed by atoms with Gasteiger partial charge in [-0.25, -0.2) is 0 Å². The van der Waals surface area contributed by atoms with Crippen molar-refractivity contribution >= 4 is 0 Å². The highest BCUT2D eigenvalue weighted by Crippen LogP contribution is 2.06. The Balaban J connectivity index is 2.41. The molecule has 1 aliphatic heterocycles. The molecule has 1 saturated heterocycles. The predicted molar refractivity (Wildman–Crippen MR) is 33.8 cm³/mol. The molecule has 0 unspecified atom stereocenters. The van der Waals surface area contributed by atoms with Gasteiger partial charge >= 0.3 is 0 Å². The number of likely N-dealkylation sites (N-methyl/N-ethyl adjacent to an activating group) is 1. The zero-order valence-electron chi connectivity index (χ0n) is 6.00. The quantitative estimate of drug-likeness (QED) is 0.446. The Labute approximate surface area is 55.4 Å². The van der Waals surface area contributed by atoms with E-state index in [2.05, 4.69) is 14.1 Å². The van der Waals surface area contributed by atoms with Crippen LogP contribution in [-0.2, 0) is 4.74 Å². The summed E-state index contributed by atoms with van der Waals surface area (Å²) in [6.45, 7) is 2.38. The van der Waals surface area contributed by atoms with Gasteiger partial charge in [0.25, 0.3) is 0 Å². The molecule has 0 aliphatic carbocycles. The van der Waals surface area contributed by atoms with Crippen molar-refractivity contribution in [3.63, 3.8) is 0 Å². The molecule has 1 fully saturated rings. The zero-order valence-corrected chi connectivity index (χ0v) is 6.00. The van der Waals surface area contributed by atoms with Crippen LogP contribution in [0.4, 0.5) is 0 Å². The molecule has 1 N–H and O–H groups in total. The Hall–Kier alpha value is -0.120. The molecular weight excluding hydrogens is 118 g/mol. The average molecular weight is 132 g/mol. The molecule has 0 aromatic heterocycles. The van der Waals surface area contributed by atoms with Crippen LogP contribution in [-0.4, -0.2) is 49.7 Å². The van der Waals surface area contributed by atoms with Crippen molar-refractivity contribution in [1.82, 2.24) is 0 Å². The molecule has 0 radical (unpaired) electrons. The number of morpholine rings is 1. The minimum absolute atomic E-state index is 0.547. The maximum atomic E-state index is 9.01. The van der Waals surface area contributed by atoms with Gasteiger partial charge in [-0.15, -0.1) is 0 Å². The van der Waals surface area contributed by atoms with Gasteiger partial charge in [0.15, 0.2) is 0 Å². The third-order valence-electron chi connectivity index (χ3n) is 1.66. The highest BCUT2D eigenvalue weighted by molar-refractivity contribution is 4.46. The third-order valence-corrected chi connectivity index (χ3v) is 1.66. The van der Waals surface area contributed by atoms with Crippen LogP contribution in [0, 0.1) is 0 Å². The van der Waals surface area contributed by atoms with Crippen molar-refractivity contribution < 1.29 is 14.3 Å². The zero-order chi connectivity index (χ0) is 6.91. The van der Waals surface area contributed by atoms with Crippen molar-refractivity contribution in [2.75, 3.05) is 33.8 Å². The maximum absolute atomic E-state index is 9.01. The van der Waals surface area contributed by atoms with Gasteiger partial charge in [0, 0.05) is 0 Å². The molecule has 3 nitrogen and oxygen atoms in total. The van der Waals surface area contributed by atoms with Crippen LogP contribution < -0.4 is 0 Å². The normalized spacial score (nSPS) is 34.3. The van der Waals surface area contributed by atoms with E-state index in [1.54, 1.807) is 0 Å². The van der Waals surface area contributed by atoms with Gasteiger partial charge in [-0.3, -0.25) is 0 Å². The fraction of sp³-hybridized carbons (Fsp3) is 1.00. The van der Waals surface area contributed by atoms with Crippen LogP contribution >= 0.6 is 0 Å². The van der Waals surface area contributed by atoms with E-state index >= 15 is 0 Å². The van der Waals surface area contributed by atoms with E-state index in [9.17, 15) is 0 Å². The average Bonchev–Trinajstić information content (AvgIpc) is 1.60. The Morgan fingerprint density at radius 3 is 2.56 bits per heavy atom. The fourth-order valence-electron chi connectivity index (χ4n) is 1.00. The lowest BCUT2D eigenvalue weighted by molar-refractivity contribution is -0.905. The van der Waals surface area contributed by atoms with Gasteiger partial charge in [-0.05, 0) is 0 Å². The van der Waals surface area contributed by atoms with E-state index in [1.807, 2.05) is 0 Å². The number of rotatable bonds is 0. The summed E-state index contributed by atoms with van der Waals surface area (Å²) in [5, 5.41) is 9.01. The number of aliphatic hydroxyl groups is 1. The second-order valence-electron chi connectivity index (χ2n) is 3.17.